The molecule has 1 aliphatic heterocycles. The summed E-state index contributed by atoms with van der Waals surface area (Å²) >= 11 is 0. The summed E-state index contributed by atoms with van der Waals surface area (Å²) < 4.78 is 37.4. The zero-order valence-corrected chi connectivity index (χ0v) is 12.9. The van der Waals surface area contributed by atoms with Gasteiger partial charge in [0.15, 0.2) is 11.5 Å². The molecule has 2 amide bonds. The molecule has 1 heterocycles. The third kappa shape index (κ3) is 4.03. The van der Waals surface area contributed by atoms with Gasteiger partial charge in [-0.15, -0.1) is 0 Å². The number of hydrogen-bond acceptors (Lipinski definition) is 4. The Balaban J connectivity index is 1.52. The van der Waals surface area contributed by atoms with E-state index in [4.69, 9.17) is 9.47 Å². The van der Waals surface area contributed by atoms with Gasteiger partial charge in [0.05, 0.1) is 12.2 Å². The first-order valence-electron chi connectivity index (χ1n) is 7.45. The second-order valence-corrected chi connectivity index (χ2v) is 5.29. The highest BCUT2D eigenvalue weighted by molar-refractivity contribution is 6.39. The maximum Gasteiger partial charge on any atom is 0.313 e. The topological polar surface area (TPSA) is 76.7 Å². The molecule has 1 atom stereocenters. The summed E-state index contributed by atoms with van der Waals surface area (Å²) in [5, 5.41) is 4.46. The van der Waals surface area contributed by atoms with Crippen molar-refractivity contribution < 1.29 is 27.8 Å². The minimum atomic E-state index is -1.07. The first-order valence-corrected chi connectivity index (χ1v) is 7.45. The number of amides is 2. The average molecular weight is 348 g/mol. The number of fused-ring (bicyclic) bond motifs is 1. The van der Waals surface area contributed by atoms with Gasteiger partial charge in [0.2, 0.25) is 0 Å². The summed E-state index contributed by atoms with van der Waals surface area (Å²) in [4.78, 5) is 23.6. The van der Waals surface area contributed by atoms with Gasteiger partial charge < -0.3 is 20.1 Å². The van der Waals surface area contributed by atoms with E-state index in [2.05, 4.69) is 10.6 Å². The van der Waals surface area contributed by atoms with Crippen molar-refractivity contribution in [1.82, 2.24) is 5.32 Å². The van der Waals surface area contributed by atoms with Crippen LogP contribution in [0, 0.1) is 11.6 Å². The quantitative estimate of drug-likeness (QED) is 0.830. The van der Waals surface area contributed by atoms with Crippen molar-refractivity contribution in [3.8, 4) is 11.5 Å². The maximum absolute atomic E-state index is 13.5. The molecular weight excluding hydrogens is 334 g/mol. The molecule has 2 N–H and O–H groups in total. The molecule has 0 saturated heterocycles. The largest absolute Gasteiger partial charge is 0.486 e. The number of hydrogen-bond donors (Lipinski definition) is 2. The zero-order chi connectivity index (χ0) is 17.8. The Labute approximate surface area is 141 Å². The zero-order valence-electron chi connectivity index (χ0n) is 12.9. The van der Waals surface area contributed by atoms with Crippen molar-refractivity contribution in [1.29, 1.82) is 0 Å². The number of ether oxygens (including phenoxy) is 2. The van der Waals surface area contributed by atoms with Gasteiger partial charge in [0.1, 0.15) is 24.3 Å². The highest BCUT2D eigenvalue weighted by Crippen LogP contribution is 2.30. The van der Waals surface area contributed by atoms with Crippen LogP contribution in [-0.2, 0) is 9.59 Å². The number of halogens is 2. The minimum Gasteiger partial charge on any atom is -0.486 e. The number of rotatable bonds is 3. The van der Waals surface area contributed by atoms with Crippen molar-refractivity contribution in [2.45, 2.75) is 6.10 Å². The van der Waals surface area contributed by atoms with E-state index in [1.807, 2.05) is 6.07 Å². The van der Waals surface area contributed by atoms with Crippen LogP contribution < -0.4 is 20.1 Å². The average Bonchev–Trinajstić information content (AvgIpc) is 2.61. The molecule has 8 heteroatoms. The lowest BCUT2D eigenvalue weighted by Gasteiger charge is -2.26. The van der Waals surface area contributed by atoms with Gasteiger partial charge in [-0.3, -0.25) is 9.59 Å². The van der Waals surface area contributed by atoms with Crippen LogP contribution in [0.25, 0.3) is 0 Å². The Morgan fingerprint density at radius 1 is 1.08 bits per heavy atom. The number of carbonyl (C=O) groups is 2. The van der Waals surface area contributed by atoms with E-state index in [-0.39, 0.29) is 18.8 Å². The van der Waals surface area contributed by atoms with Gasteiger partial charge in [-0.25, -0.2) is 8.78 Å². The van der Waals surface area contributed by atoms with Crippen LogP contribution >= 0.6 is 0 Å². The van der Waals surface area contributed by atoms with Crippen LogP contribution in [0.4, 0.5) is 14.5 Å². The van der Waals surface area contributed by atoms with Gasteiger partial charge in [-0.2, -0.15) is 0 Å². The molecule has 6 nitrogen and oxygen atoms in total. The summed E-state index contributed by atoms with van der Waals surface area (Å²) in [6.45, 7) is 0.248. The number of benzene rings is 2. The molecule has 0 spiro atoms. The van der Waals surface area contributed by atoms with Crippen molar-refractivity contribution in [2.24, 2.45) is 0 Å². The van der Waals surface area contributed by atoms with E-state index in [0.717, 1.165) is 12.1 Å². The Hall–Kier alpha value is -3.16. The van der Waals surface area contributed by atoms with Gasteiger partial charge >= 0.3 is 11.8 Å². The van der Waals surface area contributed by atoms with E-state index < -0.39 is 29.6 Å². The fraction of sp³-hybridized carbons (Fsp3) is 0.176. The van der Waals surface area contributed by atoms with Crippen LogP contribution in [0.1, 0.15) is 0 Å². The number of anilines is 1. The molecule has 0 fully saturated rings. The lowest BCUT2D eigenvalue weighted by Crippen LogP contribution is -2.44. The summed E-state index contributed by atoms with van der Waals surface area (Å²) in [7, 11) is 0. The van der Waals surface area contributed by atoms with Gasteiger partial charge in [0, 0.05) is 6.07 Å². The van der Waals surface area contributed by atoms with E-state index in [9.17, 15) is 18.4 Å². The highest BCUT2D eigenvalue weighted by Gasteiger charge is 2.23. The third-order valence-corrected chi connectivity index (χ3v) is 3.44. The smallest absolute Gasteiger partial charge is 0.313 e. The molecule has 0 saturated carbocycles. The van der Waals surface area contributed by atoms with E-state index in [0.29, 0.717) is 17.6 Å². The Bertz CT molecular complexity index is 813. The molecule has 130 valence electrons. The third-order valence-electron chi connectivity index (χ3n) is 3.44. The minimum absolute atomic E-state index is 0.0342. The van der Waals surface area contributed by atoms with Gasteiger partial charge in [0.25, 0.3) is 0 Å². The summed E-state index contributed by atoms with van der Waals surface area (Å²) in [5.74, 6) is -2.63. The van der Waals surface area contributed by atoms with Crippen molar-refractivity contribution in [3.63, 3.8) is 0 Å². The fourth-order valence-corrected chi connectivity index (χ4v) is 2.22. The number of nitrogens with one attached hydrogen (secondary N) is 2. The van der Waals surface area contributed by atoms with E-state index in [1.165, 1.54) is 0 Å². The molecule has 2 aromatic rings. The van der Waals surface area contributed by atoms with Gasteiger partial charge in [-0.05, 0) is 24.3 Å². The van der Waals surface area contributed by atoms with Crippen molar-refractivity contribution >= 4 is 17.5 Å². The first kappa shape index (κ1) is 16.7. The summed E-state index contributed by atoms with van der Waals surface area (Å²) in [6, 6.07) is 9.70. The molecule has 0 radical (unpaired) electrons. The maximum atomic E-state index is 13.5. The number of carbonyl (C=O) groups excluding carboxylic acids is 2. The molecule has 3 rings (SSSR count). The highest BCUT2D eigenvalue weighted by atomic mass is 19.1. The van der Waals surface area contributed by atoms with E-state index in [1.54, 1.807) is 18.2 Å². The van der Waals surface area contributed by atoms with Crippen LogP contribution in [0.3, 0.4) is 0 Å². The molecule has 1 unspecified atom stereocenters. The molecular formula is C17H14F2N2O4. The van der Waals surface area contributed by atoms with Crippen molar-refractivity contribution in [3.05, 3.63) is 54.1 Å². The normalized spacial score (nSPS) is 15.4. The predicted molar refractivity (Wildman–Crippen MR) is 84.4 cm³/mol. The lowest BCUT2D eigenvalue weighted by molar-refractivity contribution is -0.136. The van der Waals surface area contributed by atoms with Crippen molar-refractivity contribution in [2.75, 3.05) is 18.5 Å². The summed E-state index contributed by atoms with van der Waals surface area (Å²) in [5.41, 5.74) is -0.285. The monoisotopic (exact) mass is 348 g/mol. The Kier molecular flexibility index (Phi) is 4.78. The van der Waals surface area contributed by atoms with Crippen LogP contribution in [-0.4, -0.2) is 31.1 Å². The Morgan fingerprint density at radius 3 is 2.60 bits per heavy atom. The SMILES string of the molecule is O=C(NCC1COc2ccccc2O1)C(=O)Nc1ccc(F)cc1F. The summed E-state index contributed by atoms with van der Waals surface area (Å²) in [6.07, 6.45) is -0.464. The second kappa shape index (κ2) is 7.16. The molecule has 0 aromatic heterocycles. The molecule has 2 aromatic carbocycles. The second-order valence-electron chi connectivity index (χ2n) is 5.29. The van der Waals surface area contributed by atoms with Crippen LogP contribution in [0.2, 0.25) is 0 Å². The molecule has 0 aliphatic carbocycles. The van der Waals surface area contributed by atoms with Crippen LogP contribution in [0.5, 0.6) is 11.5 Å². The first-order chi connectivity index (χ1) is 12.0. The predicted octanol–water partition coefficient (Wildman–Crippen LogP) is 1.86. The van der Waals surface area contributed by atoms with Gasteiger partial charge in [-0.1, -0.05) is 12.1 Å². The Morgan fingerprint density at radius 2 is 1.84 bits per heavy atom. The number of para-hydroxylation sites is 2. The van der Waals surface area contributed by atoms with E-state index >= 15 is 0 Å². The fourth-order valence-electron chi connectivity index (χ4n) is 2.22. The standard InChI is InChI=1S/C17H14F2N2O4/c18-10-5-6-13(12(19)7-10)21-17(23)16(22)20-8-11-9-24-14-3-1-2-4-15(14)25-11/h1-7,11H,8-9H2,(H,20,22)(H,21,23). The lowest BCUT2D eigenvalue weighted by atomic mass is 10.2. The molecule has 0 bridgehead atoms. The molecule has 1 aliphatic rings. The van der Waals surface area contributed by atoms with Crippen LogP contribution in [0.15, 0.2) is 42.5 Å². The molecule has 25 heavy (non-hydrogen) atoms.